The summed E-state index contributed by atoms with van der Waals surface area (Å²) in [5.41, 5.74) is 2.66. The van der Waals surface area contributed by atoms with Gasteiger partial charge < -0.3 is 0 Å². The predicted octanol–water partition coefficient (Wildman–Crippen LogP) is 3.78. The zero-order valence-corrected chi connectivity index (χ0v) is 9.25. The fourth-order valence-corrected chi connectivity index (χ4v) is 0.848. The number of hydrogen-bond donors (Lipinski definition) is 0. The molecule has 0 saturated carbocycles. The number of rotatable bonds is 2. The van der Waals surface area contributed by atoms with E-state index in [1.165, 1.54) is 6.42 Å². The molecule has 0 N–H and O–H groups in total. The molecular weight excluding hydrogens is 172 g/mol. The molecule has 2 heteroatoms. The quantitative estimate of drug-likeness (QED) is 0.651. The molecule has 1 aromatic heterocycles. The lowest BCUT2D eigenvalue weighted by Gasteiger charge is -1.98. The van der Waals surface area contributed by atoms with Crippen molar-refractivity contribution < 1.29 is 0 Å². The Balaban J connectivity index is 0.000000500. The molecule has 0 aliphatic carbocycles. The lowest BCUT2D eigenvalue weighted by molar-refractivity contribution is 1.09. The van der Waals surface area contributed by atoms with E-state index in [2.05, 4.69) is 37.1 Å². The Hall–Kier alpha value is -1.44. The Morgan fingerprint density at radius 2 is 2.07 bits per heavy atom. The van der Waals surface area contributed by atoms with Crippen molar-refractivity contribution in [1.29, 1.82) is 0 Å². The minimum Gasteiger partial charge on any atom is -0.262 e. The average molecular weight is 190 g/mol. The van der Waals surface area contributed by atoms with E-state index in [0.29, 0.717) is 0 Å². The van der Waals surface area contributed by atoms with Gasteiger partial charge in [-0.3, -0.25) is 9.98 Å². The van der Waals surface area contributed by atoms with Crippen LogP contribution in [-0.2, 0) is 0 Å². The van der Waals surface area contributed by atoms with Crippen LogP contribution in [0.15, 0.2) is 23.8 Å². The van der Waals surface area contributed by atoms with Gasteiger partial charge in [0.15, 0.2) is 0 Å². The lowest BCUT2D eigenvalue weighted by Crippen LogP contribution is -1.82. The molecule has 1 aromatic rings. The number of hydrogen-bond acceptors (Lipinski definition) is 2. The van der Waals surface area contributed by atoms with Crippen molar-refractivity contribution in [3.63, 3.8) is 0 Å². The summed E-state index contributed by atoms with van der Waals surface area (Å²) < 4.78 is 0. The first kappa shape index (κ1) is 12.6. The van der Waals surface area contributed by atoms with E-state index >= 15 is 0 Å². The van der Waals surface area contributed by atoms with Crippen LogP contribution in [0.2, 0.25) is 0 Å². The molecule has 0 radical (unpaired) electrons. The summed E-state index contributed by atoms with van der Waals surface area (Å²) in [7, 11) is 0. The zero-order chi connectivity index (χ0) is 11.0. The van der Waals surface area contributed by atoms with Gasteiger partial charge in [-0.05, 0) is 31.3 Å². The summed E-state index contributed by atoms with van der Waals surface area (Å²) in [6, 6.07) is 1.93. The molecule has 0 fully saturated rings. The van der Waals surface area contributed by atoms with Crippen molar-refractivity contribution in [3.05, 3.63) is 30.1 Å². The van der Waals surface area contributed by atoms with Crippen LogP contribution in [0, 0.1) is 6.92 Å². The molecule has 76 valence electrons. The van der Waals surface area contributed by atoms with Gasteiger partial charge >= 0.3 is 0 Å². The van der Waals surface area contributed by atoms with Gasteiger partial charge in [0.2, 0.25) is 0 Å². The lowest BCUT2D eigenvalue weighted by atomic mass is 10.2. The molecule has 0 amide bonds. The Morgan fingerprint density at radius 1 is 1.50 bits per heavy atom. The summed E-state index contributed by atoms with van der Waals surface area (Å²) >= 11 is 0. The Kier molecular flexibility index (Phi) is 6.29. The summed E-state index contributed by atoms with van der Waals surface area (Å²) in [6.07, 6.45) is 4.70. The topological polar surface area (TPSA) is 25.2 Å². The predicted molar refractivity (Wildman–Crippen MR) is 64.2 cm³/mol. The second-order valence-electron chi connectivity index (χ2n) is 2.99. The molecule has 0 saturated heterocycles. The van der Waals surface area contributed by atoms with E-state index in [1.807, 2.05) is 13.0 Å². The van der Waals surface area contributed by atoms with E-state index in [9.17, 15) is 0 Å². The standard InChI is InChI=1S/C9H10N2.C3H8/c1-4-8-9(10-3)5-7(2)6-11-8;1-3-2/h4-6H,1,3H2,2H3;3H2,1-2H3. The number of aromatic nitrogens is 1. The largest absolute Gasteiger partial charge is 0.262 e. The number of aliphatic imine (C=N–C) groups is 1. The van der Waals surface area contributed by atoms with Crippen LogP contribution in [0.5, 0.6) is 0 Å². The van der Waals surface area contributed by atoms with Gasteiger partial charge in [-0.2, -0.15) is 0 Å². The fourth-order valence-electron chi connectivity index (χ4n) is 0.848. The molecule has 0 aliphatic rings. The first-order valence-corrected chi connectivity index (χ1v) is 4.75. The van der Waals surface area contributed by atoms with Crippen LogP contribution in [0.4, 0.5) is 5.69 Å². The summed E-state index contributed by atoms with van der Waals surface area (Å²) in [5.74, 6) is 0. The van der Waals surface area contributed by atoms with Gasteiger partial charge in [-0.1, -0.05) is 26.8 Å². The molecule has 0 unspecified atom stereocenters. The van der Waals surface area contributed by atoms with Gasteiger partial charge in [0.25, 0.3) is 0 Å². The van der Waals surface area contributed by atoms with Crippen molar-refractivity contribution in [3.8, 4) is 0 Å². The van der Waals surface area contributed by atoms with Crippen molar-refractivity contribution in [2.24, 2.45) is 4.99 Å². The molecule has 2 nitrogen and oxygen atoms in total. The van der Waals surface area contributed by atoms with Gasteiger partial charge in [0, 0.05) is 6.20 Å². The normalized spacial score (nSPS) is 8.50. The number of pyridine rings is 1. The maximum absolute atomic E-state index is 4.12. The van der Waals surface area contributed by atoms with E-state index in [0.717, 1.165) is 16.9 Å². The zero-order valence-electron chi connectivity index (χ0n) is 9.25. The summed E-state index contributed by atoms with van der Waals surface area (Å²) in [5, 5.41) is 0. The van der Waals surface area contributed by atoms with Crippen LogP contribution >= 0.6 is 0 Å². The van der Waals surface area contributed by atoms with E-state index in [4.69, 9.17) is 0 Å². The third-order valence-corrected chi connectivity index (χ3v) is 1.40. The molecular formula is C12H18N2. The smallest absolute Gasteiger partial charge is 0.0881 e. The average Bonchev–Trinajstić information content (AvgIpc) is 2.19. The Morgan fingerprint density at radius 3 is 2.50 bits per heavy atom. The molecule has 0 spiro atoms. The Bertz CT molecular complexity index is 303. The van der Waals surface area contributed by atoms with E-state index in [1.54, 1.807) is 12.3 Å². The maximum Gasteiger partial charge on any atom is 0.0881 e. The van der Waals surface area contributed by atoms with Crippen molar-refractivity contribution in [1.82, 2.24) is 4.98 Å². The van der Waals surface area contributed by atoms with Crippen LogP contribution in [0.1, 0.15) is 31.5 Å². The molecule has 0 bridgehead atoms. The second kappa shape index (κ2) is 7.01. The minimum absolute atomic E-state index is 0.783. The minimum atomic E-state index is 0.783. The third kappa shape index (κ3) is 3.99. The number of nitrogens with zero attached hydrogens (tertiary/aromatic N) is 2. The highest BCUT2D eigenvalue weighted by atomic mass is 14.8. The second-order valence-corrected chi connectivity index (χ2v) is 2.99. The number of aryl methyl sites for hydroxylation is 1. The van der Waals surface area contributed by atoms with Gasteiger partial charge in [0.05, 0.1) is 11.4 Å². The van der Waals surface area contributed by atoms with Gasteiger partial charge in [-0.25, -0.2) is 0 Å². The summed E-state index contributed by atoms with van der Waals surface area (Å²) in [4.78, 5) is 7.93. The van der Waals surface area contributed by atoms with Crippen LogP contribution in [0.3, 0.4) is 0 Å². The molecule has 0 atom stereocenters. The monoisotopic (exact) mass is 190 g/mol. The molecule has 0 aliphatic heterocycles. The highest BCUT2D eigenvalue weighted by Crippen LogP contribution is 2.17. The first-order valence-electron chi connectivity index (χ1n) is 4.75. The van der Waals surface area contributed by atoms with Crippen molar-refractivity contribution >= 4 is 18.5 Å². The first-order chi connectivity index (χ1) is 6.69. The van der Waals surface area contributed by atoms with Crippen LogP contribution in [-0.4, -0.2) is 11.7 Å². The fraction of sp³-hybridized carbons (Fsp3) is 0.333. The highest BCUT2D eigenvalue weighted by molar-refractivity contribution is 5.61. The van der Waals surface area contributed by atoms with Crippen molar-refractivity contribution in [2.75, 3.05) is 0 Å². The van der Waals surface area contributed by atoms with Gasteiger partial charge in [0.1, 0.15) is 0 Å². The van der Waals surface area contributed by atoms with Crippen LogP contribution in [0.25, 0.3) is 6.08 Å². The Labute approximate surface area is 86.4 Å². The van der Waals surface area contributed by atoms with Crippen LogP contribution < -0.4 is 0 Å². The molecule has 0 aromatic carbocycles. The van der Waals surface area contributed by atoms with Gasteiger partial charge in [-0.15, -0.1) is 0 Å². The molecule has 1 rings (SSSR count). The summed E-state index contributed by atoms with van der Waals surface area (Å²) in [6.45, 7) is 13.3. The molecule has 14 heavy (non-hydrogen) atoms. The van der Waals surface area contributed by atoms with E-state index < -0.39 is 0 Å². The highest BCUT2D eigenvalue weighted by Gasteiger charge is 1.96. The van der Waals surface area contributed by atoms with E-state index in [-0.39, 0.29) is 0 Å². The maximum atomic E-state index is 4.12. The SMILES string of the molecule is C=Cc1ncc(C)cc1N=C.CCC. The van der Waals surface area contributed by atoms with Crippen molar-refractivity contribution in [2.45, 2.75) is 27.2 Å². The third-order valence-electron chi connectivity index (χ3n) is 1.40. The molecule has 1 heterocycles.